The van der Waals surface area contributed by atoms with Crippen LogP contribution in [0.25, 0.3) is 0 Å². The number of carbonyl (C=O) groups is 2. The molecule has 1 rings (SSSR count). The lowest BCUT2D eigenvalue weighted by Crippen LogP contribution is -2.61. The minimum absolute atomic E-state index is 0.0359. The molecule has 0 aromatic rings. The molecule has 6 N–H and O–H groups in total. The summed E-state index contributed by atoms with van der Waals surface area (Å²) >= 11 is 0. The van der Waals surface area contributed by atoms with Gasteiger partial charge in [0.2, 0.25) is 5.91 Å². The summed E-state index contributed by atoms with van der Waals surface area (Å²) in [5, 5.41) is 56.9. The Hall–Kier alpha value is -3.94. The summed E-state index contributed by atoms with van der Waals surface area (Å²) < 4.78 is 17.5. The zero-order valence-electron chi connectivity index (χ0n) is 48.3. The van der Waals surface area contributed by atoms with Crippen molar-refractivity contribution >= 4 is 11.9 Å². The topological polar surface area (TPSA) is 175 Å². The van der Waals surface area contributed by atoms with Crippen molar-refractivity contribution in [1.29, 1.82) is 0 Å². The molecule has 11 nitrogen and oxygen atoms in total. The number of allylic oxidation sites excluding steroid dienone is 19. The second-order valence-corrected chi connectivity index (χ2v) is 20.3. The highest BCUT2D eigenvalue weighted by molar-refractivity contribution is 5.80. The Balaban J connectivity index is 2.74. The van der Waals surface area contributed by atoms with Crippen LogP contribution in [0, 0.1) is 0 Å². The number of esters is 1. The molecule has 1 amide bonds. The Kier molecular flexibility index (Phi) is 48.7. The van der Waals surface area contributed by atoms with Crippen LogP contribution in [-0.4, -0.2) is 99.6 Å². The molecule has 0 spiro atoms. The Morgan fingerprint density at radius 1 is 0.519 bits per heavy atom. The van der Waals surface area contributed by atoms with Gasteiger partial charge in [0.25, 0.3) is 0 Å². The van der Waals surface area contributed by atoms with Crippen LogP contribution in [-0.2, 0) is 23.8 Å². The van der Waals surface area contributed by atoms with Crippen LogP contribution < -0.4 is 5.32 Å². The van der Waals surface area contributed by atoms with E-state index in [0.717, 1.165) is 103 Å². The van der Waals surface area contributed by atoms with Crippen molar-refractivity contribution in [3.05, 3.63) is 122 Å². The third-order valence-electron chi connectivity index (χ3n) is 13.3. The average Bonchev–Trinajstić information content (AvgIpc) is 3.43. The number of aliphatic hydroxyl groups is 5. The van der Waals surface area contributed by atoms with Gasteiger partial charge in [0.1, 0.15) is 24.4 Å². The molecule has 0 aromatic carbocycles. The molecule has 0 bridgehead atoms. The highest BCUT2D eigenvalue weighted by Crippen LogP contribution is 2.26. The number of nitrogens with one attached hydrogen (secondary N) is 1. The van der Waals surface area contributed by atoms with Crippen molar-refractivity contribution in [1.82, 2.24) is 5.32 Å². The first-order chi connectivity index (χ1) is 37.7. The number of carbonyl (C=O) groups excluding carboxylic acids is 2. The number of ether oxygens (including phenoxy) is 3. The molecule has 1 heterocycles. The largest absolute Gasteiger partial charge is 0.454 e. The molecule has 8 atom stereocenters. The van der Waals surface area contributed by atoms with Crippen molar-refractivity contribution in [2.24, 2.45) is 0 Å². The average molecular weight is 1080 g/mol. The Morgan fingerprint density at radius 2 is 0.935 bits per heavy atom. The minimum atomic E-state index is -1.65. The van der Waals surface area contributed by atoms with Gasteiger partial charge in [-0.25, -0.2) is 0 Å². The van der Waals surface area contributed by atoms with Gasteiger partial charge in [-0.3, -0.25) is 9.59 Å². The zero-order chi connectivity index (χ0) is 56.1. The predicted molar refractivity (Wildman–Crippen MR) is 319 cm³/mol. The van der Waals surface area contributed by atoms with E-state index in [-0.39, 0.29) is 19.4 Å². The van der Waals surface area contributed by atoms with Gasteiger partial charge in [-0.15, -0.1) is 0 Å². The smallest absolute Gasteiger partial charge is 0.306 e. The maximum Gasteiger partial charge on any atom is 0.306 e. The molecule has 1 saturated heterocycles. The zero-order valence-corrected chi connectivity index (χ0v) is 48.3. The van der Waals surface area contributed by atoms with E-state index in [9.17, 15) is 35.1 Å². The number of hydrogen-bond acceptors (Lipinski definition) is 10. The highest BCUT2D eigenvalue weighted by Gasteiger charge is 2.47. The quantitative estimate of drug-likeness (QED) is 0.0195. The summed E-state index contributed by atoms with van der Waals surface area (Å²) in [7, 11) is 0. The first kappa shape index (κ1) is 71.1. The van der Waals surface area contributed by atoms with Crippen LogP contribution in [0.15, 0.2) is 122 Å². The first-order valence-electron chi connectivity index (χ1n) is 30.3. The van der Waals surface area contributed by atoms with Gasteiger partial charge in [-0.05, 0) is 109 Å². The summed E-state index contributed by atoms with van der Waals surface area (Å²) in [5.74, 6) is -1.29. The summed E-state index contributed by atoms with van der Waals surface area (Å²) in [6.45, 7) is 5.58. The number of unbranched alkanes of at least 4 members (excludes halogenated alkanes) is 17. The molecule has 77 heavy (non-hydrogen) atoms. The van der Waals surface area contributed by atoms with Gasteiger partial charge in [0.05, 0.1) is 25.4 Å². The summed E-state index contributed by atoms with van der Waals surface area (Å²) in [6, 6.07) is -1.05. The highest BCUT2D eigenvalue weighted by atomic mass is 16.7. The minimum Gasteiger partial charge on any atom is -0.454 e. The van der Waals surface area contributed by atoms with Crippen LogP contribution in [0.1, 0.15) is 220 Å². The molecule has 0 saturated carbocycles. The third-order valence-corrected chi connectivity index (χ3v) is 13.3. The molecular weight excluding hydrogens is 967 g/mol. The molecule has 1 fully saturated rings. The number of aliphatic hydroxyl groups excluding tert-OH is 5. The Labute approximate surface area is 468 Å². The van der Waals surface area contributed by atoms with E-state index in [4.69, 9.17) is 14.2 Å². The molecule has 1 aliphatic heterocycles. The van der Waals surface area contributed by atoms with Crippen molar-refractivity contribution in [2.75, 3.05) is 13.2 Å². The van der Waals surface area contributed by atoms with Gasteiger partial charge < -0.3 is 45.1 Å². The first-order valence-corrected chi connectivity index (χ1v) is 30.3. The fourth-order valence-corrected chi connectivity index (χ4v) is 8.55. The maximum absolute atomic E-state index is 13.4. The van der Waals surface area contributed by atoms with Gasteiger partial charge in [-0.1, -0.05) is 226 Å². The van der Waals surface area contributed by atoms with Crippen LogP contribution in [0.5, 0.6) is 0 Å². The van der Waals surface area contributed by atoms with Crippen LogP contribution in [0.3, 0.4) is 0 Å². The van der Waals surface area contributed by atoms with Crippen LogP contribution in [0.2, 0.25) is 0 Å². The lowest BCUT2D eigenvalue weighted by molar-refractivity contribution is -0.305. The molecule has 0 aromatic heterocycles. The van der Waals surface area contributed by atoms with Crippen molar-refractivity contribution in [3.63, 3.8) is 0 Å². The molecule has 0 aliphatic carbocycles. The molecule has 8 unspecified atom stereocenters. The Bertz CT molecular complexity index is 1710. The van der Waals surface area contributed by atoms with E-state index in [1.165, 1.54) is 64.2 Å². The van der Waals surface area contributed by atoms with E-state index in [1.54, 1.807) is 6.08 Å². The van der Waals surface area contributed by atoms with Crippen molar-refractivity contribution in [3.8, 4) is 0 Å². The molecule has 438 valence electrons. The molecular formula is C66H109NO10. The fraction of sp³-hybridized carbons (Fsp3) is 0.667. The van der Waals surface area contributed by atoms with Gasteiger partial charge in [0.15, 0.2) is 12.4 Å². The molecule has 0 radical (unpaired) electrons. The van der Waals surface area contributed by atoms with Crippen LogP contribution in [0.4, 0.5) is 0 Å². The van der Waals surface area contributed by atoms with Crippen molar-refractivity contribution < 1.29 is 49.3 Å². The lowest BCUT2D eigenvalue weighted by atomic mass is 9.99. The second kappa shape index (κ2) is 52.7. The third kappa shape index (κ3) is 40.8. The van der Waals surface area contributed by atoms with Crippen molar-refractivity contribution in [2.45, 2.75) is 269 Å². The second-order valence-electron chi connectivity index (χ2n) is 20.3. The fourth-order valence-electron chi connectivity index (χ4n) is 8.55. The SMILES string of the molecule is CC/C=C\C/C=C\C/C=C\C/C=C\C/C=C\CCCC(=O)OC1C(OCC(NC(=O)C(O)CCCCCC/C=C\C/C=C\C/C=C\C/C=C\CCCCC)C(O)/C=C/CCCCCCCCCCC)OC(CO)C(O)C1O. The van der Waals surface area contributed by atoms with E-state index in [1.807, 2.05) is 18.2 Å². The van der Waals surface area contributed by atoms with Gasteiger partial charge in [0, 0.05) is 6.42 Å². The Morgan fingerprint density at radius 3 is 1.43 bits per heavy atom. The standard InChI is InChI=1S/C66H109NO10/c1-4-7-10-13-16-19-22-24-26-28-29-30-32-33-35-38-41-44-47-50-53-59(70)65(74)67-57(58(69)52-49-46-43-40-37-21-18-15-12-9-6-3)56-75-66-64(63(73)62(72)60(55-68)76-66)77-61(71)54-51-48-45-42-39-36-34-31-27-25-23-20-17-14-11-8-5-2/h8,11,16-17,19-20,24-27,29-30,33-36,42,45,49,52,57-60,62-64,66,68-70,72-73H,4-7,9-10,12-15,18,21-23,28,31-32,37-41,43-44,46-48,50-51,53-56H2,1-3H3,(H,67,74)/b11-8-,19-16-,20-17-,26-24-,27-25-,30-29-,35-33-,36-34-,45-42-,52-49+. The summed E-state index contributed by atoms with van der Waals surface area (Å²) in [4.78, 5) is 26.5. The van der Waals surface area contributed by atoms with Gasteiger partial charge in [-0.2, -0.15) is 0 Å². The predicted octanol–water partition coefficient (Wildman–Crippen LogP) is 14.3. The number of rotatable bonds is 49. The summed E-state index contributed by atoms with van der Waals surface area (Å²) in [5.41, 5.74) is 0. The number of hydrogen-bond donors (Lipinski definition) is 6. The van der Waals surface area contributed by atoms with Gasteiger partial charge >= 0.3 is 5.97 Å². The number of amides is 1. The van der Waals surface area contributed by atoms with E-state index in [2.05, 4.69) is 123 Å². The summed E-state index contributed by atoms with van der Waals surface area (Å²) in [6.07, 6.45) is 62.4. The van der Waals surface area contributed by atoms with E-state index < -0.39 is 67.4 Å². The maximum atomic E-state index is 13.4. The molecule has 1 aliphatic rings. The van der Waals surface area contributed by atoms with E-state index in [0.29, 0.717) is 19.3 Å². The van der Waals surface area contributed by atoms with E-state index >= 15 is 0 Å². The normalized spacial score (nSPS) is 19.9. The molecule has 11 heteroatoms. The monoisotopic (exact) mass is 1080 g/mol. The van der Waals surface area contributed by atoms with Crippen LogP contribution >= 0.6 is 0 Å². The lowest BCUT2D eigenvalue weighted by Gasteiger charge is -2.41.